The lowest BCUT2D eigenvalue weighted by atomic mass is 9.89. The minimum atomic E-state index is -0.0159. The molecular weight excluding hydrogens is 408 g/mol. The van der Waals surface area contributed by atoms with Crippen LogP contribution in [0.3, 0.4) is 0 Å². The first-order valence-corrected chi connectivity index (χ1v) is 11.0. The molecule has 1 fully saturated rings. The molecule has 5 nitrogen and oxygen atoms in total. The maximum Gasteiger partial charge on any atom is 0.223 e. The first kappa shape index (κ1) is 20.0. The van der Waals surface area contributed by atoms with Gasteiger partial charge >= 0.3 is 0 Å². The third-order valence-electron chi connectivity index (χ3n) is 5.62. The molecule has 1 N–H and O–H groups in total. The van der Waals surface area contributed by atoms with E-state index >= 15 is 0 Å². The van der Waals surface area contributed by atoms with Crippen molar-refractivity contribution in [3.05, 3.63) is 51.3 Å². The Kier molecular flexibility index (Phi) is 5.92. The summed E-state index contributed by atoms with van der Waals surface area (Å²) in [6.45, 7) is 1.44. The van der Waals surface area contributed by atoms with Crippen molar-refractivity contribution in [2.24, 2.45) is 0 Å². The van der Waals surface area contributed by atoms with E-state index in [9.17, 15) is 9.59 Å². The van der Waals surface area contributed by atoms with Gasteiger partial charge in [0.05, 0.1) is 16.3 Å². The second-order valence-corrected chi connectivity index (χ2v) is 9.05. The zero-order valence-electron chi connectivity index (χ0n) is 16.2. The number of carbonyl (C=O) groups is 2. The van der Waals surface area contributed by atoms with Gasteiger partial charge in [0.15, 0.2) is 5.78 Å². The Morgan fingerprint density at radius 2 is 2.00 bits per heavy atom. The summed E-state index contributed by atoms with van der Waals surface area (Å²) in [6.07, 6.45) is 4.41. The van der Waals surface area contributed by atoms with Gasteiger partial charge in [-0.05, 0) is 54.7 Å². The zero-order chi connectivity index (χ0) is 20.4. The normalized spacial score (nSPS) is 15.0. The van der Waals surface area contributed by atoms with E-state index < -0.39 is 0 Å². The van der Waals surface area contributed by atoms with Gasteiger partial charge in [-0.25, -0.2) is 0 Å². The number of nitrogens with zero attached hydrogens (tertiary/aromatic N) is 1. The molecule has 29 heavy (non-hydrogen) atoms. The van der Waals surface area contributed by atoms with Crippen LogP contribution in [-0.2, 0) is 4.79 Å². The molecule has 2 aromatic heterocycles. The third-order valence-corrected chi connectivity index (χ3v) is 6.89. The van der Waals surface area contributed by atoms with Crippen molar-refractivity contribution in [1.29, 1.82) is 0 Å². The van der Waals surface area contributed by atoms with E-state index in [0.29, 0.717) is 15.1 Å². The fourth-order valence-corrected chi connectivity index (χ4v) is 5.00. The van der Waals surface area contributed by atoms with Crippen molar-refractivity contribution in [2.75, 3.05) is 20.2 Å². The van der Waals surface area contributed by atoms with E-state index in [4.69, 9.17) is 16.3 Å². The maximum absolute atomic E-state index is 12.6. The summed E-state index contributed by atoms with van der Waals surface area (Å²) in [4.78, 5) is 30.6. The van der Waals surface area contributed by atoms with Crippen LogP contribution < -0.4 is 4.74 Å². The number of halogens is 1. The highest BCUT2D eigenvalue weighted by molar-refractivity contribution is 7.18. The molecule has 0 spiro atoms. The molecule has 0 bridgehead atoms. The number of methoxy groups -OCH3 is 1. The number of ether oxygens (including phenoxy) is 1. The van der Waals surface area contributed by atoms with Crippen LogP contribution in [-0.4, -0.2) is 41.8 Å². The highest BCUT2D eigenvalue weighted by atomic mass is 35.5. The molecule has 0 aliphatic carbocycles. The Bertz CT molecular complexity index is 1030. The van der Waals surface area contributed by atoms with Crippen molar-refractivity contribution < 1.29 is 14.3 Å². The molecule has 0 saturated carbocycles. The first-order chi connectivity index (χ1) is 14.0. The van der Waals surface area contributed by atoms with Gasteiger partial charge in [-0.1, -0.05) is 11.6 Å². The fourth-order valence-electron chi connectivity index (χ4n) is 3.99. The van der Waals surface area contributed by atoms with Crippen molar-refractivity contribution in [1.82, 2.24) is 9.88 Å². The van der Waals surface area contributed by atoms with Crippen LogP contribution in [0.4, 0.5) is 0 Å². The molecule has 0 radical (unpaired) electrons. The molecule has 1 amide bonds. The standard InChI is InChI=1S/C22H23ClN2O3S/c1-28-15-2-3-18-16(12-15)17(13-24-18)14-8-10-25(11-9-14)22(27)7-4-19(26)20-5-6-21(23)29-20/h2-3,5-6,12-14,24H,4,7-11H2,1H3. The highest BCUT2D eigenvalue weighted by Gasteiger charge is 2.26. The zero-order valence-corrected chi connectivity index (χ0v) is 17.8. The number of carbonyl (C=O) groups excluding carboxylic acids is 2. The molecule has 0 atom stereocenters. The third kappa shape index (κ3) is 4.33. The number of aromatic nitrogens is 1. The number of hydrogen-bond donors (Lipinski definition) is 1. The number of fused-ring (bicyclic) bond motifs is 1. The number of thiophene rings is 1. The molecule has 1 saturated heterocycles. The number of Topliss-reactive ketones (excluding diaryl/α,β-unsaturated/α-hetero) is 1. The molecule has 152 valence electrons. The van der Waals surface area contributed by atoms with Crippen molar-refractivity contribution in [3.63, 3.8) is 0 Å². The number of piperidine rings is 1. The number of rotatable bonds is 6. The topological polar surface area (TPSA) is 62.4 Å². The van der Waals surface area contributed by atoms with Gasteiger partial charge in [-0.3, -0.25) is 9.59 Å². The predicted octanol–water partition coefficient (Wildman–Crippen LogP) is 5.26. The summed E-state index contributed by atoms with van der Waals surface area (Å²) >= 11 is 7.14. The van der Waals surface area contributed by atoms with Crippen molar-refractivity contribution in [3.8, 4) is 5.75 Å². The Morgan fingerprint density at radius 1 is 1.21 bits per heavy atom. The molecule has 4 rings (SSSR count). The summed E-state index contributed by atoms with van der Waals surface area (Å²) in [6, 6.07) is 9.50. The van der Waals surface area contributed by atoms with Gasteiger partial charge in [0.25, 0.3) is 0 Å². The first-order valence-electron chi connectivity index (χ1n) is 9.76. The largest absolute Gasteiger partial charge is 0.497 e. The summed E-state index contributed by atoms with van der Waals surface area (Å²) < 4.78 is 5.96. The number of H-pyrrole nitrogens is 1. The Labute approximate surface area is 178 Å². The maximum atomic E-state index is 12.6. The van der Waals surface area contributed by atoms with Gasteiger partial charge < -0.3 is 14.6 Å². The lowest BCUT2D eigenvalue weighted by Crippen LogP contribution is -2.38. The van der Waals surface area contributed by atoms with Gasteiger partial charge in [-0.15, -0.1) is 11.3 Å². The van der Waals surface area contributed by atoms with Crippen LogP contribution in [0.5, 0.6) is 5.75 Å². The summed E-state index contributed by atoms with van der Waals surface area (Å²) in [5.74, 6) is 1.30. The summed E-state index contributed by atoms with van der Waals surface area (Å²) in [7, 11) is 1.68. The van der Waals surface area contributed by atoms with E-state index in [1.807, 2.05) is 17.0 Å². The second-order valence-electron chi connectivity index (χ2n) is 7.34. The average molecular weight is 431 g/mol. The average Bonchev–Trinajstić information content (AvgIpc) is 3.37. The summed E-state index contributed by atoms with van der Waals surface area (Å²) in [5.41, 5.74) is 2.39. The number of aromatic amines is 1. The monoisotopic (exact) mass is 430 g/mol. The van der Waals surface area contributed by atoms with Crippen molar-refractivity contribution >= 4 is 45.5 Å². The number of nitrogens with one attached hydrogen (secondary N) is 1. The lowest BCUT2D eigenvalue weighted by Gasteiger charge is -2.32. The lowest BCUT2D eigenvalue weighted by molar-refractivity contribution is -0.132. The van der Waals surface area contributed by atoms with Gasteiger partial charge in [-0.2, -0.15) is 0 Å². The minimum absolute atomic E-state index is 0.0159. The van der Waals surface area contributed by atoms with Crippen LogP contribution in [0.25, 0.3) is 10.9 Å². The molecule has 3 heterocycles. The van der Waals surface area contributed by atoms with Gasteiger partial charge in [0.1, 0.15) is 5.75 Å². The van der Waals surface area contributed by atoms with Crippen LogP contribution in [0.2, 0.25) is 4.34 Å². The molecule has 1 aliphatic rings. The Balaban J connectivity index is 1.33. The van der Waals surface area contributed by atoms with Gasteiger partial charge in [0, 0.05) is 43.0 Å². The SMILES string of the molecule is COc1ccc2[nH]cc(C3CCN(C(=O)CCC(=O)c4ccc(Cl)s4)CC3)c2c1. The fraction of sp³-hybridized carbons (Fsp3) is 0.364. The van der Waals surface area contributed by atoms with Crippen LogP contribution in [0.15, 0.2) is 36.5 Å². The molecule has 0 unspecified atom stereocenters. The molecule has 1 aromatic carbocycles. The predicted molar refractivity (Wildman–Crippen MR) is 116 cm³/mol. The highest BCUT2D eigenvalue weighted by Crippen LogP contribution is 2.35. The number of hydrogen-bond acceptors (Lipinski definition) is 4. The van der Waals surface area contributed by atoms with E-state index in [1.54, 1.807) is 19.2 Å². The smallest absolute Gasteiger partial charge is 0.223 e. The Morgan fingerprint density at radius 3 is 2.69 bits per heavy atom. The van der Waals surface area contributed by atoms with E-state index in [1.165, 1.54) is 22.3 Å². The molecule has 1 aliphatic heterocycles. The summed E-state index contributed by atoms with van der Waals surface area (Å²) in [5, 5.41) is 1.19. The quantitative estimate of drug-likeness (QED) is 0.542. The van der Waals surface area contributed by atoms with Gasteiger partial charge in [0.2, 0.25) is 5.91 Å². The Hall–Kier alpha value is -2.31. The number of likely N-dealkylation sites (tertiary alicyclic amines) is 1. The second kappa shape index (κ2) is 8.59. The number of benzene rings is 1. The minimum Gasteiger partial charge on any atom is -0.497 e. The van der Waals surface area contributed by atoms with E-state index in [2.05, 4.69) is 17.2 Å². The number of amides is 1. The molecular formula is C22H23ClN2O3S. The van der Waals surface area contributed by atoms with E-state index in [-0.39, 0.29) is 24.5 Å². The van der Waals surface area contributed by atoms with E-state index in [0.717, 1.165) is 37.2 Å². The molecule has 3 aromatic rings. The van der Waals surface area contributed by atoms with Crippen molar-refractivity contribution in [2.45, 2.75) is 31.6 Å². The number of ketones is 1. The van der Waals surface area contributed by atoms with Crippen LogP contribution in [0, 0.1) is 0 Å². The van der Waals surface area contributed by atoms with Crippen LogP contribution in [0.1, 0.15) is 46.8 Å². The van der Waals surface area contributed by atoms with Crippen LogP contribution >= 0.6 is 22.9 Å². The molecule has 7 heteroatoms.